The van der Waals surface area contributed by atoms with Crippen molar-refractivity contribution in [3.8, 4) is 11.1 Å². The zero-order chi connectivity index (χ0) is 16.8. The number of para-hydroxylation sites is 1. The van der Waals surface area contributed by atoms with Gasteiger partial charge in [-0.2, -0.15) is 5.10 Å². The number of nitro benzene ring substituents is 1. The molecule has 3 rings (SSSR count). The number of anilines is 1. The molecule has 0 saturated heterocycles. The van der Waals surface area contributed by atoms with Crippen molar-refractivity contribution in [2.75, 3.05) is 5.43 Å². The van der Waals surface area contributed by atoms with E-state index >= 15 is 0 Å². The quantitative estimate of drug-likeness (QED) is 0.441. The van der Waals surface area contributed by atoms with Crippen LogP contribution in [0.5, 0.6) is 0 Å². The summed E-state index contributed by atoms with van der Waals surface area (Å²) in [6, 6.07) is 16.1. The van der Waals surface area contributed by atoms with Crippen molar-refractivity contribution in [2.45, 2.75) is 0 Å². The van der Waals surface area contributed by atoms with Crippen molar-refractivity contribution in [1.29, 1.82) is 0 Å². The molecule has 118 valence electrons. The minimum absolute atomic E-state index is 0.0107. The molecule has 0 fully saturated rings. The Morgan fingerprint density at radius 3 is 2.33 bits per heavy atom. The molecule has 0 aliphatic carbocycles. The first-order valence-electron chi connectivity index (χ1n) is 7.14. The first kappa shape index (κ1) is 15.3. The second-order valence-electron chi connectivity index (χ2n) is 4.85. The molecule has 0 unspecified atom stereocenters. The number of hydrogen-bond acceptors (Lipinski definition) is 6. The third-order valence-corrected chi connectivity index (χ3v) is 3.26. The predicted molar refractivity (Wildman–Crippen MR) is 91.8 cm³/mol. The van der Waals surface area contributed by atoms with Gasteiger partial charge in [-0.05, 0) is 11.6 Å². The molecule has 0 amide bonds. The molecule has 1 heterocycles. The minimum Gasteiger partial charge on any atom is -0.258 e. The van der Waals surface area contributed by atoms with Gasteiger partial charge in [0.2, 0.25) is 5.95 Å². The van der Waals surface area contributed by atoms with Gasteiger partial charge in [0.1, 0.15) is 0 Å². The van der Waals surface area contributed by atoms with Crippen molar-refractivity contribution in [1.82, 2.24) is 9.97 Å². The van der Waals surface area contributed by atoms with E-state index in [0.717, 1.165) is 11.1 Å². The highest BCUT2D eigenvalue weighted by Gasteiger charge is 2.09. The lowest BCUT2D eigenvalue weighted by Gasteiger charge is -2.02. The molecule has 0 saturated carbocycles. The van der Waals surface area contributed by atoms with E-state index < -0.39 is 4.92 Å². The van der Waals surface area contributed by atoms with E-state index in [4.69, 9.17) is 0 Å². The standard InChI is InChI=1S/C17H13N5O2/c23-22(24)16-9-5-4-8-14(16)12-20-21-17-18-10-15(11-19-17)13-6-2-1-3-7-13/h1-12H,(H,18,19,21). The Morgan fingerprint density at radius 1 is 0.958 bits per heavy atom. The number of nitrogens with one attached hydrogen (secondary N) is 1. The van der Waals surface area contributed by atoms with Crippen LogP contribution >= 0.6 is 0 Å². The summed E-state index contributed by atoms with van der Waals surface area (Å²) in [6.07, 6.45) is 4.74. The summed E-state index contributed by atoms with van der Waals surface area (Å²) in [7, 11) is 0. The number of nitrogens with zero attached hydrogens (tertiary/aromatic N) is 4. The molecule has 2 aromatic carbocycles. The van der Waals surface area contributed by atoms with Crippen LogP contribution in [0.1, 0.15) is 5.56 Å². The van der Waals surface area contributed by atoms with Gasteiger partial charge in [-0.3, -0.25) is 10.1 Å². The zero-order valence-corrected chi connectivity index (χ0v) is 12.5. The van der Waals surface area contributed by atoms with E-state index in [-0.39, 0.29) is 5.69 Å². The van der Waals surface area contributed by atoms with Crippen LogP contribution in [0.15, 0.2) is 72.1 Å². The normalized spacial score (nSPS) is 10.7. The lowest BCUT2D eigenvalue weighted by Crippen LogP contribution is -1.98. The van der Waals surface area contributed by atoms with E-state index in [0.29, 0.717) is 11.5 Å². The van der Waals surface area contributed by atoms with Crippen LogP contribution in [0.25, 0.3) is 11.1 Å². The van der Waals surface area contributed by atoms with Gasteiger partial charge in [0, 0.05) is 24.0 Å². The van der Waals surface area contributed by atoms with E-state index in [1.54, 1.807) is 30.6 Å². The molecular weight excluding hydrogens is 306 g/mol. The topological polar surface area (TPSA) is 93.3 Å². The van der Waals surface area contributed by atoms with Gasteiger partial charge >= 0.3 is 0 Å². The fourth-order valence-electron chi connectivity index (χ4n) is 2.09. The molecule has 0 aliphatic heterocycles. The van der Waals surface area contributed by atoms with Crippen LogP contribution in [0.4, 0.5) is 11.6 Å². The Labute approximate surface area is 137 Å². The molecule has 7 heteroatoms. The molecule has 0 radical (unpaired) electrons. The fraction of sp³-hybridized carbons (Fsp3) is 0. The molecule has 0 atom stereocenters. The lowest BCUT2D eigenvalue weighted by atomic mass is 10.1. The van der Waals surface area contributed by atoms with Crippen molar-refractivity contribution >= 4 is 17.9 Å². The highest BCUT2D eigenvalue weighted by molar-refractivity contribution is 5.85. The zero-order valence-electron chi connectivity index (χ0n) is 12.5. The predicted octanol–water partition coefficient (Wildman–Crippen LogP) is 3.50. The third kappa shape index (κ3) is 3.58. The van der Waals surface area contributed by atoms with E-state index in [1.165, 1.54) is 12.3 Å². The largest absolute Gasteiger partial charge is 0.278 e. The van der Waals surface area contributed by atoms with Crippen LogP contribution in [0, 0.1) is 10.1 Å². The van der Waals surface area contributed by atoms with E-state index in [9.17, 15) is 10.1 Å². The molecule has 0 bridgehead atoms. The van der Waals surface area contributed by atoms with Gasteiger partial charge in [0.15, 0.2) is 0 Å². The van der Waals surface area contributed by atoms with Gasteiger partial charge in [0.05, 0.1) is 16.7 Å². The monoisotopic (exact) mass is 319 g/mol. The van der Waals surface area contributed by atoms with Crippen molar-refractivity contribution in [2.24, 2.45) is 5.10 Å². The van der Waals surface area contributed by atoms with Gasteiger partial charge in [-0.1, -0.05) is 42.5 Å². The summed E-state index contributed by atoms with van der Waals surface area (Å²) in [6.45, 7) is 0. The fourth-order valence-corrected chi connectivity index (χ4v) is 2.09. The minimum atomic E-state index is -0.452. The molecule has 3 aromatic rings. The van der Waals surface area contributed by atoms with E-state index in [2.05, 4.69) is 20.5 Å². The van der Waals surface area contributed by atoms with Crippen LogP contribution < -0.4 is 5.43 Å². The van der Waals surface area contributed by atoms with Crippen LogP contribution in [-0.4, -0.2) is 21.1 Å². The van der Waals surface area contributed by atoms with Gasteiger partial charge in [-0.15, -0.1) is 0 Å². The molecule has 1 N–H and O–H groups in total. The second-order valence-corrected chi connectivity index (χ2v) is 4.85. The number of nitro groups is 1. The molecule has 0 aliphatic rings. The maximum Gasteiger partial charge on any atom is 0.278 e. The van der Waals surface area contributed by atoms with Crippen LogP contribution in [-0.2, 0) is 0 Å². The first-order chi connectivity index (χ1) is 11.7. The number of hydrazone groups is 1. The van der Waals surface area contributed by atoms with Gasteiger partial charge in [0.25, 0.3) is 5.69 Å². The van der Waals surface area contributed by atoms with Gasteiger partial charge < -0.3 is 0 Å². The summed E-state index contributed by atoms with van der Waals surface area (Å²) in [5.41, 5.74) is 4.96. The molecule has 0 spiro atoms. The molecule has 7 nitrogen and oxygen atoms in total. The van der Waals surface area contributed by atoms with Gasteiger partial charge in [-0.25, -0.2) is 15.4 Å². The summed E-state index contributed by atoms with van der Waals surface area (Å²) < 4.78 is 0. The van der Waals surface area contributed by atoms with Crippen molar-refractivity contribution in [3.63, 3.8) is 0 Å². The Morgan fingerprint density at radius 2 is 1.62 bits per heavy atom. The molecule has 1 aromatic heterocycles. The maximum absolute atomic E-state index is 10.9. The van der Waals surface area contributed by atoms with Crippen LogP contribution in [0.2, 0.25) is 0 Å². The summed E-state index contributed by atoms with van der Waals surface area (Å²) in [5.74, 6) is 0.310. The average molecular weight is 319 g/mol. The Bertz CT molecular complexity index is 864. The summed E-state index contributed by atoms with van der Waals surface area (Å²) >= 11 is 0. The number of rotatable bonds is 5. The number of hydrogen-bond donors (Lipinski definition) is 1. The van der Waals surface area contributed by atoms with Crippen molar-refractivity contribution in [3.05, 3.63) is 82.7 Å². The van der Waals surface area contributed by atoms with Crippen LogP contribution in [0.3, 0.4) is 0 Å². The molecular formula is C17H13N5O2. The highest BCUT2D eigenvalue weighted by Crippen LogP contribution is 2.17. The Balaban J connectivity index is 1.70. The smallest absolute Gasteiger partial charge is 0.258 e. The summed E-state index contributed by atoms with van der Waals surface area (Å²) in [5, 5.41) is 14.9. The van der Waals surface area contributed by atoms with E-state index in [1.807, 2.05) is 30.3 Å². The number of aromatic nitrogens is 2. The first-order valence-corrected chi connectivity index (χ1v) is 7.14. The second kappa shape index (κ2) is 7.10. The Hall–Kier alpha value is -3.61. The third-order valence-electron chi connectivity index (χ3n) is 3.26. The maximum atomic E-state index is 10.9. The molecule has 24 heavy (non-hydrogen) atoms. The SMILES string of the molecule is O=[N+]([O-])c1ccccc1C=NNc1ncc(-c2ccccc2)cn1. The number of benzene rings is 2. The van der Waals surface area contributed by atoms with Crippen molar-refractivity contribution < 1.29 is 4.92 Å². The summed E-state index contributed by atoms with van der Waals surface area (Å²) in [4.78, 5) is 18.8. The highest BCUT2D eigenvalue weighted by atomic mass is 16.6. The Kier molecular flexibility index (Phi) is 4.52. The average Bonchev–Trinajstić information content (AvgIpc) is 2.63. The lowest BCUT2D eigenvalue weighted by molar-refractivity contribution is -0.385.